The van der Waals surface area contributed by atoms with Crippen LogP contribution in [0.1, 0.15) is 39.5 Å². The summed E-state index contributed by atoms with van der Waals surface area (Å²) < 4.78 is 13.8. The van der Waals surface area contributed by atoms with Crippen molar-refractivity contribution in [3.05, 3.63) is 59.7 Å². The molecular formula is C32H41ClFN7O. The molecule has 3 heterocycles. The second-order valence-corrected chi connectivity index (χ2v) is 12.1. The van der Waals surface area contributed by atoms with Crippen molar-refractivity contribution < 1.29 is 9.18 Å². The first kappa shape index (κ1) is 30.2. The largest absolute Gasteiger partial charge is 0.369 e. The molecule has 2 saturated heterocycles. The summed E-state index contributed by atoms with van der Waals surface area (Å²) in [5, 5.41) is 7.19. The van der Waals surface area contributed by atoms with Crippen LogP contribution in [0.4, 0.5) is 27.3 Å². The number of likely N-dealkylation sites (tertiary alicyclic amines) is 1. The lowest BCUT2D eigenvalue weighted by Gasteiger charge is -2.42. The van der Waals surface area contributed by atoms with Gasteiger partial charge >= 0.3 is 0 Å². The Balaban J connectivity index is 1.48. The third-order valence-electron chi connectivity index (χ3n) is 8.44. The zero-order chi connectivity index (χ0) is 29.7. The maximum Gasteiger partial charge on any atom is 0.248 e. The molecular weight excluding hydrogens is 553 g/mol. The van der Waals surface area contributed by atoms with Gasteiger partial charge in [0.2, 0.25) is 5.91 Å². The van der Waals surface area contributed by atoms with Crippen LogP contribution in [0.3, 0.4) is 0 Å². The van der Waals surface area contributed by atoms with E-state index in [2.05, 4.69) is 62.3 Å². The minimum atomic E-state index is -0.484. The van der Waals surface area contributed by atoms with E-state index in [0.29, 0.717) is 11.5 Å². The molecule has 1 unspecified atom stereocenters. The molecule has 224 valence electrons. The van der Waals surface area contributed by atoms with Crippen LogP contribution >= 0.6 is 11.6 Å². The SMILES string of the molecule is CCCN(CC)C/C=C/C(=O)Nc1cc2c(Nc3ccc(F)c(Cl)c3)ncnc2cc1N1CCCC2(CCN(C)C2)C1. The first-order chi connectivity index (χ1) is 20.3. The molecule has 2 aliphatic rings. The lowest BCUT2D eigenvalue weighted by Crippen LogP contribution is -2.45. The fourth-order valence-corrected chi connectivity index (χ4v) is 6.53. The Kier molecular flexibility index (Phi) is 9.60. The number of nitrogens with zero attached hydrogens (tertiary/aromatic N) is 5. The highest BCUT2D eigenvalue weighted by Crippen LogP contribution is 2.42. The fourth-order valence-electron chi connectivity index (χ4n) is 6.35. The number of hydrogen-bond acceptors (Lipinski definition) is 7. The van der Waals surface area contributed by atoms with Crippen LogP contribution in [-0.4, -0.2) is 78.5 Å². The van der Waals surface area contributed by atoms with Crippen molar-refractivity contribution in [3.8, 4) is 0 Å². The van der Waals surface area contributed by atoms with Crippen molar-refractivity contribution in [1.82, 2.24) is 19.8 Å². The Morgan fingerprint density at radius 2 is 2.02 bits per heavy atom. The van der Waals surface area contributed by atoms with E-state index in [-0.39, 0.29) is 16.3 Å². The number of halogens is 2. The third kappa shape index (κ3) is 7.02. The van der Waals surface area contributed by atoms with Crippen LogP contribution in [0.5, 0.6) is 0 Å². The maximum absolute atomic E-state index is 13.8. The second-order valence-electron chi connectivity index (χ2n) is 11.7. The van der Waals surface area contributed by atoms with E-state index < -0.39 is 5.82 Å². The molecule has 1 spiro atoms. The molecule has 1 atom stereocenters. The molecule has 0 radical (unpaired) electrons. The number of hydrogen-bond donors (Lipinski definition) is 2. The van der Waals surface area contributed by atoms with Crippen LogP contribution in [-0.2, 0) is 4.79 Å². The van der Waals surface area contributed by atoms with Gasteiger partial charge in [0.1, 0.15) is 18.0 Å². The zero-order valence-corrected chi connectivity index (χ0v) is 25.6. The van der Waals surface area contributed by atoms with Crippen LogP contribution in [0.25, 0.3) is 10.9 Å². The van der Waals surface area contributed by atoms with Crippen LogP contribution < -0.4 is 15.5 Å². The fraction of sp³-hybridized carbons (Fsp3) is 0.469. The number of benzene rings is 2. The summed E-state index contributed by atoms with van der Waals surface area (Å²) in [5.74, 6) is -0.111. The van der Waals surface area contributed by atoms with Crippen LogP contribution in [0.2, 0.25) is 5.02 Å². The summed E-state index contributed by atoms with van der Waals surface area (Å²) in [6.07, 6.45) is 9.63. The molecule has 1 amide bonds. The van der Waals surface area contributed by atoms with Crippen molar-refractivity contribution in [1.29, 1.82) is 0 Å². The number of rotatable bonds is 10. The zero-order valence-electron chi connectivity index (χ0n) is 24.8. The quantitative estimate of drug-likeness (QED) is 0.267. The predicted octanol–water partition coefficient (Wildman–Crippen LogP) is 6.31. The minimum absolute atomic E-state index is 0.0255. The molecule has 5 rings (SSSR count). The number of piperidine rings is 1. The summed E-state index contributed by atoms with van der Waals surface area (Å²) in [6, 6.07) is 8.45. The highest BCUT2D eigenvalue weighted by atomic mass is 35.5. The van der Waals surface area contributed by atoms with Gasteiger partial charge in [-0.25, -0.2) is 14.4 Å². The van der Waals surface area contributed by atoms with E-state index >= 15 is 0 Å². The Bertz CT molecular complexity index is 1450. The van der Waals surface area contributed by atoms with E-state index in [4.69, 9.17) is 11.6 Å². The van der Waals surface area contributed by atoms with Gasteiger partial charge in [0.15, 0.2) is 0 Å². The van der Waals surface area contributed by atoms with Gasteiger partial charge in [-0.05, 0) is 82.7 Å². The normalized spacial score (nSPS) is 19.4. The van der Waals surface area contributed by atoms with Crippen molar-refractivity contribution in [2.75, 3.05) is 68.4 Å². The number of anilines is 4. The van der Waals surface area contributed by atoms with Gasteiger partial charge in [-0.3, -0.25) is 9.69 Å². The number of fused-ring (bicyclic) bond motifs is 1. The molecule has 0 aliphatic carbocycles. The average Bonchev–Trinajstić information content (AvgIpc) is 3.33. The van der Waals surface area contributed by atoms with Crippen LogP contribution in [0.15, 0.2) is 48.8 Å². The summed E-state index contributed by atoms with van der Waals surface area (Å²) in [7, 11) is 2.20. The average molecular weight is 594 g/mol. The molecule has 0 bridgehead atoms. The molecule has 10 heteroatoms. The lowest BCUT2D eigenvalue weighted by atomic mass is 9.79. The van der Waals surface area contributed by atoms with Gasteiger partial charge in [-0.15, -0.1) is 0 Å². The summed E-state index contributed by atoms with van der Waals surface area (Å²) in [4.78, 5) is 29.4. The van der Waals surface area contributed by atoms with Crippen molar-refractivity contribution in [2.45, 2.75) is 39.5 Å². The van der Waals surface area contributed by atoms with Gasteiger partial charge in [-0.1, -0.05) is 31.5 Å². The molecule has 2 aromatic carbocycles. The third-order valence-corrected chi connectivity index (χ3v) is 8.73. The molecule has 2 aliphatic heterocycles. The maximum atomic E-state index is 13.8. The van der Waals surface area contributed by atoms with E-state index in [9.17, 15) is 9.18 Å². The molecule has 1 aromatic heterocycles. The molecule has 42 heavy (non-hydrogen) atoms. The van der Waals surface area contributed by atoms with Crippen molar-refractivity contribution in [3.63, 3.8) is 0 Å². The van der Waals surface area contributed by atoms with E-state index in [0.717, 1.165) is 80.9 Å². The molecule has 0 saturated carbocycles. The monoisotopic (exact) mass is 593 g/mol. The van der Waals surface area contributed by atoms with Crippen LogP contribution in [0, 0.1) is 11.2 Å². The second kappa shape index (κ2) is 13.4. The molecule has 2 N–H and O–H groups in total. The summed E-state index contributed by atoms with van der Waals surface area (Å²) in [5.41, 5.74) is 3.30. The molecule has 2 fully saturated rings. The lowest BCUT2D eigenvalue weighted by molar-refractivity contribution is -0.111. The molecule has 8 nitrogen and oxygen atoms in total. The van der Waals surface area contributed by atoms with Gasteiger partial charge in [-0.2, -0.15) is 0 Å². The summed E-state index contributed by atoms with van der Waals surface area (Å²) in [6.45, 7) is 11.0. The Morgan fingerprint density at radius 3 is 2.76 bits per heavy atom. The summed E-state index contributed by atoms with van der Waals surface area (Å²) >= 11 is 6.02. The Labute approximate surface area is 252 Å². The van der Waals surface area contributed by atoms with Crippen molar-refractivity contribution >= 4 is 51.3 Å². The first-order valence-corrected chi connectivity index (χ1v) is 15.3. The van der Waals surface area contributed by atoms with E-state index in [1.54, 1.807) is 12.1 Å². The Hall–Kier alpha value is -3.27. The number of carbonyl (C=O) groups is 1. The van der Waals surface area contributed by atoms with Gasteiger partial charge < -0.3 is 20.4 Å². The highest BCUT2D eigenvalue weighted by Gasteiger charge is 2.40. The van der Waals surface area contributed by atoms with Gasteiger partial charge in [0.25, 0.3) is 0 Å². The predicted molar refractivity (Wildman–Crippen MR) is 170 cm³/mol. The first-order valence-electron chi connectivity index (χ1n) is 14.9. The van der Waals surface area contributed by atoms with E-state index in [1.807, 2.05) is 12.1 Å². The smallest absolute Gasteiger partial charge is 0.248 e. The van der Waals surface area contributed by atoms with Crippen molar-refractivity contribution in [2.24, 2.45) is 5.41 Å². The topological polar surface area (TPSA) is 76.6 Å². The van der Waals surface area contributed by atoms with Gasteiger partial charge in [0, 0.05) is 48.7 Å². The van der Waals surface area contributed by atoms with Gasteiger partial charge in [0.05, 0.1) is 21.9 Å². The number of aromatic nitrogens is 2. The standard InChI is InChI=1S/C32H41ClFN7O/c1-4-13-40(5-2)14-6-8-30(42)38-28-18-24-27(35-22-36-31(24)37-23-9-10-26(34)25(33)17-23)19-29(28)41-15-7-11-32(21-41)12-16-39(3)20-32/h6,8-10,17-19,22H,4-5,7,11-16,20-21H2,1-3H3,(H,38,42)(H,35,36,37)/b8-6+. The number of amides is 1. The number of nitrogens with one attached hydrogen (secondary N) is 2. The highest BCUT2D eigenvalue weighted by molar-refractivity contribution is 6.31. The minimum Gasteiger partial charge on any atom is -0.369 e. The molecule has 3 aromatic rings. The van der Waals surface area contributed by atoms with E-state index in [1.165, 1.54) is 31.3 Å². The number of carbonyl (C=O) groups excluding carboxylic acids is 1. The Morgan fingerprint density at radius 1 is 1.17 bits per heavy atom. The number of likely N-dealkylation sites (N-methyl/N-ethyl adjacent to an activating group) is 1.